The smallest absolute Gasteiger partial charge is 0.234 e. The predicted molar refractivity (Wildman–Crippen MR) is 138 cm³/mol. The number of halogens is 1. The number of primary amides is 1. The van der Waals surface area contributed by atoms with Crippen molar-refractivity contribution in [1.82, 2.24) is 4.90 Å². The van der Waals surface area contributed by atoms with E-state index in [1.807, 2.05) is 38.1 Å². The van der Waals surface area contributed by atoms with Crippen molar-refractivity contribution in [1.29, 1.82) is 5.26 Å². The van der Waals surface area contributed by atoms with Crippen LogP contribution in [-0.2, 0) is 14.6 Å². The van der Waals surface area contributed by atoms with Gasteiger partial charge >= 0.3 is 0 Å². The number of rotatable bonds is 10. The Kier molecular flexibility index (Phi) is 8.62. The molecule has 6 nitrogen and oxygen atoms in total. The Labute approximate surface area is 212 Å². The van der Waals surface area contributed by atoms with Crippen molar-refractivity contribution in [2.24, 2.45) is 11.7 Å². The molecular weight excluding hydrogens is 477 g/mol. The standard InChI is InChI=1S/C28H30FN3O3S/c1-19(2)18-26(28(31)33)32(17-16-30)27(23-8-12-24(29)13-9-23)22-6-4-20(5-7-22)21-10-14-25(15-11-21)36(3,34)35/h4-15,19,26-27H,17-18H2,1-3H3,(H2,31,33)/t26-,27-/m0/s1. The molecule has 0 spiro atoms. The third kappa shape index (κ3) is 6.56. The second-order valence-corrected chi connectivity index (χ2v) is 11.3. The van der Waals surface area contributed by atoms with Gasteiger partial charge in [0.15, 0.2) is 9.84 Å². The fourth-order valence-electron chi connectivity index (χ4n) is 4.30. The highest BCUT2D eigenvalue weighted by Crippen LogP contribution is 2.33. The van der Waals surface area contributed by atoms with Gasteiger partial charge in [-0.25, -0.2) is 12.8 Å². The molecule has 0 fully saturated rings. The van der Waals surface area contributed by atoms with Gasteiger partial charge in [-0.15, -0.1) is 0 Å². The van der Waals surface area contributed by atoms with Crippen molar-refractivity contribution in [3.63, 3.8) is 0 Å². The molecule has 2 atom stereocenters. The molecule has 3 rings (SSSR count). The van der Waals surface area contributed by atoms with E-state index in [1.54, 1.807) is 41.3 Å². The largest absolute Gasteiger partial charge is 0.368 e. The SMILES string of the molecule is CC(C)C[C@@H](C(N)=O)N(CC#N)[C@H](c1ccc(F)cc1)c1ccc(-c2ccc(S(C)(=O)=O)cc2)cc1. The second kappa shape index (κ2) is 11.5. The van der Waals surface area contributed by atoms with E-state index in [9.17, 15) is 22.9 Å². The van der Waals surface area contributed by atoms with E-state index in [-0.39, 0.29) is 23.2 Å². The predicted octanol–water partition coefficient (Wildman–Crippen LogP) is 4.71. The molecule has 0 bridgehead atoms. The van der Waals surface area contributed by atoms with Crippen LogP contribution in [0.2, 0.25) is 0 Å². The lowest BCUT2D eigenvalue weighted by atomic mass is 9.91. The summed E-state index contributed by atoms with van der Waals surface area (Å²) in [6, 6.07) is 21.2. The highest BCUT2D eigenvalue weighted by Gasteiger charge is 2.32. The van der Waals surface area contributed by atoms with Gasteiger partial charge in [0.25, 0.3) is 0 Å². The van der Waals surface area contributed by atoms with E-state index in [0.717, 1.165) is 28.5 Å². The first-order chi connectivity index (χ1) is 17.0. The minimum absolute atomic E-state index is 0.0446. The van der Waals surface area contributed by atoms with E-state index in [0.29, 0.717) is 6.42 Å². The number of benzene rings is 3. The van der Waals surface area contributed by atoms with Crippen LogP contribution in [-0.4, -0.2) is 38.1 Å². The third-order valence-electron chi connectivity index (χ3n) is 6.04. The maximum Gasteiger partial charge on any atom is 0.234 e. The highest BCUT2D eigenvalue weighted by molar-refractivity contribution is 7.90. The summed E-state index contributed by atoms with van der Waals surface area (Å²) >= 11 is 0. The van der Waals surface area contributed by atoms with Crippen LogP contribution in [0.25, 0.3) is 11.1 Å². The van der Waals surface area contributed by atoms with E-state index < -0.39 is 27.8 Å². The van der Waals surface area contributed by atoms with Crippen molar-refractivity contribution in [2.75, 3.05) is 12.8 Å². The molecule has 3 aromatic rings. The molecule has 1 amide bonds. The quantitative estimate of drug-likeness (QED) is 0.400. The maximum atomic E-state index is 13.7. The van der Waals surface area contributed by atoms with Gasteiger partial charge in [0.1, 0.15) is 5.82 Å². The van der Waals surface area contributed by atoms with Crippen LogP contribution in [0.5, 0.6) is 0 Å². The first-order valence-electron chi connectivity index (χ1n) is 11.6. The summed E-state index contributed by atoms with van der Waals surface area (Å²) in [7, 11) is -3.29. The molecule has 0 saturated carbocycles. The molecule has 2 N–H and O–H groups in total. The van der Waals surface area contributed by atoms with Gasteiger partial charge in [-0.05, 0) is 58.9 Å². The van der Waals surface area contributed by atoms with Crippen LogP contribution in [0.3, 0.4) is 0 Å². The number of nitriles is 1. The van der Waals surface area contributed by atoms with Gasteiger partial charge in [0, 0.05) is 6.26 Å². The summed E-state index contributed by atoms with van der Waals surface area (Å²) in [6.07, 6.45) is 1.64. The molecule has 188 valence electrons. The monoisotopic (exact) mass is 507 g/mol. The molecule has 0 unspecified atom stereocenters. The Bertz CT molecular complexity index is 1330. The highest BCUT2D eigenvalue weighted by atomic mass is 32.2. The van der Waals surface area contributed by atoms with E-state index in [2.05, 4.69) is 6.07 Å². The number of carbonyl (C=O) groups is 1. The topological polar surface area (TPSA) is 104 Å². The van der Waals surface area contributed by atoms with Crippen molar-refractivity contribution in [3.8, 4) is 17.2 Å². The molecule has 3 aromatic carbocycles. The normalized spacial score (nSPS) is 13.4. The molecule has 0 aliphatic carbocycles. The minimum atomic E-state index is -3.29. The molecule has 0 heterocycles. The molecule has 8 heteroatoms. The summed E-state index contributed by atoms with van der Waals surface area (Å²) in [6.45, 7) is 3.92. The van der Waals surface area contributed by atoms with Crippen LogP contribution in [0.1, 0.15) is 37.4 Å². The van der Waals surface area contributed by atoms with Gasteiger partial charge in [-0.2, -0.15) is 5.26 Å². The summed E-state index contributed by atoms with van der Waals surface area (Å²) in [5.41, 5.74) is 9.04. The lowest BCUT2D eigenvalue weighted by molar-refractivity contribution is -0.124. The van der Waals surface area contributed by atoms with Gasteiger partial charge < -0.3 is 5.73 Å². The lowest BCUT2D eigenvalue weighted by Crippen LogP contribution is -2.47. The van der Waals surface area contributed by atoms with Gasteiger partial charge in [-0.1, -0.05) is 62.4 Å². The fraction of sp³-hybridized carbons (Fsp3) is 0.286. The molecule has 0 aliphatic heterocycles. The molecule has 0 aliphatic rings. The summed E-state index contributed by atoms with van der Waals surface area (Å²) < 4.78 is 37.2. The van der Waals surface area contributed by atoms with Crippen LogP contribution in [0.4, 0.5) is 4.39 Å². The maximum absolute atomic E-state index is 13.7. The summed E-state index contributed by atoms with van der Waals surface area (Å²) in [5, 5.41) is 9.61. The van der Waals surface area contributed by atoms with Gasteiger partial charge in [-0.3, -0.25) is 9.69 Å². The number of nitrogens with two attached hydrogens (primary N) is 1. The average molecular weight is 508 g/mol. The summed E-state index contributed by atoms with van der Waals surface area (Å²) in [5.74, 6) is -0.741. The first-order valence-corrected chi connectivity index (χ1v) is 13.5. The van der Waals surface area contributed by atoms with Gasteiger partial charge in [0.2, 0.25) is 5.91 Å². The second-order valence-electron chi connectivity index (χ2n) is 9.25. The van der Waals surface area contributed by atoms with Crippen molar-refractivity contribution >= 4 is 15.7 Å². The van der Waals surface area contributed by atoms with E-state index in [1.165, 1.54) is 12.1 Å². The fourth-order valence-corrected chi connectivity index (χ4v) is 4.93. The van der Waals surface area contributed by atoms with Crippen LogP contribution >= 0.6 is 0 Å². The summed E-state index contributed by atoms with van der Waals surface area (Å²) in [4.78, 5) is 14.5. The Balaban J connectivity index is 2.06. The first kappa shape index (κ1) is 27.1. The Hall–Kier alpha value is -3.54. The lowest BCUT2D eigenvalue weighted by Gasteiger charge is -2.36. The van der Waals surface area contributed by atoms with Crippen molar-refractivity contribution in [3.05, 3.63) is 89.7 Å². The third-order valence-corrected chi connectivity index (χ3v) is 7.16. The number of hydrogen-bond acceptors (Lipinski definition) is 5. The average Bonchev–Trinajstić information content (AvgIpc) is 2.83. The number of carbonyl (C=O) groups excluding carboxylic acids is 1. The number of hydrogen-bond donors (Lipinski definition) is 1. The zero-order valence-corrected chi connectivity index (χ0v) is 21.4. The number of sulfone groups is 1. The Morgan fingerprint density at radius 2 is 1.42 bits per heavy atom. The zero-order chi connectivity index (χ0) is 26.5. The molecule has 36 heavy (non-hydrogen) atoms. The number of nitrogens with zero attached hydrogens (tertiary/aromatic N) is 2. The molecule has 0 saturated heterocycles. The van der Waals surface area contributed by atoms with Crippen LogP contribution < -0.4 is 5.73 Å². The molecule has 0 radical (unpaired) electrons. The van der Waals surface area contributed by atoms with E-state index in [4.69, 9.17) is 5.73 Å². The van der Waals surface area contributed by atoms with Gasteiger partial charge in [0.05, 0.1) is 29.6 Å². The van der Waals surface area contributed by atoms with E-state index >= 15 is 0 Å². The van der Waals surface area contributed by atoms with Crippen molar-refractivity contribution in [2.45, 2.75) is 37.2 Å². The Morgan fingerprint density at radius 1 is 0.944 bits per heavy atom. The minimum Gasteiger partial charge on any atom is -0.368 e. The number of amides is 1. The Morgan fingerprint density at radius 3 is 1.83 bits per heavy atom. The zero-order valence-electron chi connectivity index (χ0n) is 20.6. The van der Waals surface area contributed by atoms with Crippen LogP contribution in [0.15, 0.2) is 77.7 Å². The van der Waals surface area contributed by atoms with Crippen molar-refractivity contribution < 1.29 is 17.6 Å². The molecule has 0 aromatic heterocycles. The molecular formula is C28H30FN3O3S. The van der Waals surface area contributed by atoms with Crippen LogP contribution in [0, 0.1) is 23.1 Å².